The maximum absolute atomic E-state index is 12.9. The lowest BCUT2D eigenvalue weighted by Crippen LogP contribution is -2.38. The molecule has 0 atom stereocenters. The van der Waals surface area contributed by atoms with Gasteiger partial charge in [0.25, 0.3) is 0 Å². The van der Waals surface area contributed by atoms with Crippen molar-refractivity contribution in [3.8, 4) is 5.75 Å². The molecule has 0 aliphatic heterocycles. The third-order valence-corrected chi connectivity index (χ3v) is 5.84. The van der Waals surface area contributed by atoms with Crippen molar-refractivity contribution < 1.29 is 17.9 Å². The molecule has 0 saturated heterocycles. The van der Waals surface area contributed by atoms with E-state index in [1.54, 1.807) is 12.1 Å². The maximum Gasteiger partial charge on any atom is 0.246 e. The Balaban J connectivity index is 2.92. The van der Waals surface area contributed by atoms with Crippen LogP contribution in [0, 0.1) is 0 Å². The van der Waals surface area contributed by atoms with Crippen LogP contribution in [0.5, 0.6) is 5.75 Å². The molecule has 0 fully saturated rings. The summed E-state index contributed by atoms with van der Waals surface area (Å²) in [7, 11) is -0.981. The standard InChI is InChI=1S/C18H30N2O4S/c1-6-7-8-11-19-18(21)13-20(4)25(22,23)17-12-15(14(2)3)9-10-16(17)24-5/h9-10,12,14H,6-8,11,13H2,1-5H3,(H,19,21). The molecule has 0 aliphatic carbocycles. The lowest BCUT2D eigenvalue weighted by molar-refractivity contribution is -0.121. The van der Waals surface area contributed by atoms with E-state index in [9.17, 15) is 13.2 Å². The minimum atomic E-state index is -3.82. The summed E-state index contributed by atoms with van der Waals surface area (Å²) >= 11 is 0. The van der Waals surface area contributed by atoms with Gasteiger partial charge in [-0.3, -0.25) is 4.79 Å². The van der Waals surface area contributed by atoms with Gasteiger partial charge >= 0.3 is 0 Å². The van der Waals surface area contributed by atoms with E-state index < -0.39 is 10.0 Å². The van der Waals surface area contributed by atoms with Crippen molar-refractivity contribution in [1.82, 2.24) is 9.62 Å². The second kappa shape index (κ2) is 9.77. The number of nitrogens with zero attached hydrogens (tertiary/aromatic N) is 1. The average Bonchev–Trinajstić information content (AvgIpc) is 2.57. The van der Waals surface area contributed by atoms with Gasteiger partial charge in [-0.25, -0.2) is 8.42 Å². The van der Waals surface area contributed by atoms with Gasteiger partial charge in [0, 0.05) is 13.6 Å². The number of rotatable bonds is 10. The van der Waals surface area contributed by atoms with E-state index in [4.69, 9.17) is 4.74 Å². The molecule has 1 N–H and O–H groups in total. The summed E-state index contributed by atoms with van der Waals surface area (Å²) in [4.78, 5) is 12.1. The number of amides is 1. The van der Waals surface area contributed by atoms with Crippen molar-refractivity contribution in [2.45, 2.75) is 50.8 Å². The number of methoxy groups -OCH3 is 1. The molecule has 1 aromatic rings. The van der Waals surface area contributed by atoms with Crippen LogP contribution in [-0.2, 0) is 14.8 Å². The first-order chi connectivity index (χ1) is 11.7. The van der Waals surface area contributed by atoms with Crippen LogP contribution in [0.1, 0.15) is 51.5 Å². The van der Waals surface area contributed by atoms with Crippen LogP contribution in [0.3, 0.4) is 0 Å². The van der Waals surface area contributed by atoms with E-state index in [2.05, 4.69) is 12.2 Å². The number of carbonyl (C=O) groups is 1. The molecule has 1 rings (SSSR count). The van der Waals surface area contributed by atoms with Gasteiger partial charge in [0.05, 0.1) is 13.7 Å². The number of hydrogen-bond donors (Lipinski definition) is 1. The van der Waals surface area contributed by atoms with E-state index in [0.717, 1.165) is 29.1 Å². The quantitative estimate of drug-likeness (QED) is 0.643. The molecule has 1 amide bonds. The molecule has 0 aliphatic rings. The Hall–Kier alpha value is -1.60. The van der Waals surface area contributed by atoms with Gasteiger partial charge in [0.2, 0.25) is 15.9 Å². The molecule has 0 spiro atoms. The van der Waals surface area contributed by atoms with E-state index in [0.29, 0.717) is 6.54 Å². The normalized spacial score (nSPS) is 11.8. The van der Waals surface area contributed by atoms with Gasteiger partial charge in [-0.05, 0) is 30.0 Å². The number of carbonyl (C=O) groups excluding carboxylic acids is 1. The van der Waals surface area contributed by atoms with Gasteiger partial charge < -0.3 is 10.1 Å². The summed E-state index contributed by atoms with van der Waals surface area (Å²) in [5.41, 5.74) is 0.900. The predicted octanol–water partition coefficient (Wildman–Crippen LogP) is 2.75. The summed E-state index contributed by atoms with van der Waals surface area (Å²) < 4.78 is 32.0. The SMILES string of the molecule is CCCCCNC(=O)CN(C)S(=O)(=O)c1cc(C(C)C)ccc1OC. The molecule has 0 bridgehead atoms. The number of hydrogen-bond acceptors (Lipinski definition) is 4. The Labute approximate surface area is 151 Å². The van der Waals surface area contributed by atoms with E-state index in [-0.39, 0.29) is 29.0 Å². The molecule has 0 aromatic heterocycles. The van der Waals surface area contributed by atoms with Crippen molar-refractivity contribution in [3.63, 3.8) is 0 Å². The fourth-order valence-corrected chi connectivity index (χ4v) is 3.68. The molecular weight excluding hydrogens is 340 g/mol. The Kier molecular flexibility index (Phi) is 8.38. The van der Waals surface area contributed by atoms with Crippen molar-refractivity contribution in [2.75, 3.05) is 27.2 Å². The fourth-order valence-electron chi connectivity index (χ4n) is 2.37. The first-order valence-corrected chi connectivity index (χ1v) is 10.1. The zero-order chi connectivity index (χ0) is 19.0. The zero-order valence-electron chi connectivity index (χ0n) is 15.8. The molecule has 7 heteroatoms. The Bertz CT molecular complexity index is 672. The third kappa shape index (κ3) is 6.01. The van der Waals surface area contributed by atoms with Crippen LogP contribution < -0.4 is 10.1 Å². The highest BCUT2D eigenvalue weighted by Crippen LogP contribution is 2.29. The Morgan fingerprint density at radius 3 is 2.52 bits per heavy atom. The molecule has 0 saturated carbocycles. The number of likely N-dealkylation sites (N-methyl/N-ethyl adjacent to an activating group) is 1. The highest BCUT2D eigenvalue weighted by atomic mass is 32.2. The Morgan fingerprint density at radius 2 is 1.96 bits per heavy atom. The van der Waals surface area contributed by atoms with Crippen LogP contribution in [-0.4, -0.2) is 45.9 Å². The molecular formula is C18H30N2O4S. The van der Waals surface area contributed by atoms with Crippen LogP contribution in [0.4, 0.5) is 0 Å². The van der Waals surface area contributed by atoms with Crippen LogP contribution in [0.15, 0.2) is 23.1 Å². The lowest BCUT2D eigenvalue weighted by atomic mass is 10.0. The smallest absolute Gasteiger partial charge is 0.246 e. The van der Waals surface area contributed by atoms with Crippen molar-refractivity contribution in [1.29, 1.82) is 0 Å². The summed E-state index contributed by atoms with van der Waals surface area (Å²) in [5.74, 6) is 0.160. The van der Waals surface area contributed by atoms with Crippen LogP contribution in [0.25, 0.3) is 0 Å². The number of unbranched alkanes of at least 4 members (excludes halogenated alkanes) is 2. The number of nitrogens with one attached hydrogen (secondary N) is 1. The Morgan fingerprint density at radius 1 is 1.28 bits per heavy atom. The first-order valence-electron chi connectivity index (χ1n) is 8.65. The van der Waals surface area contributed by atoms with E-state index in [1.807, 2.05) is 19.9 Å². The zero-order valence-corrected chi connectivity index (χ0v) is 16.6. The third-order valence-electron chi connectivity index (χ3n) is 4.01. The minimum Gasteiger partial charge on any atom is -0.495 e. The minimum absolute atomic E-state index is 0.0856. The van der Waals surface area contributed by atoms with Gasteiger partial charge in [0.1, 0.15) is 10.6 Å². The molecule has 142 valence electrons. The monoisotopic (exact) mass is 370 g/mol. The van der Waals surface area contributed by atoms with Crippen molar-refractivity contribution in [2.24, 2.45) is 0 Å². The van der Waals surface area contributed by atoms with E-state index >= 15 is 0 Å². The van der Waals surface area contributed by atoms with Crippen LogP contribution in [0.2, 0.25) is 0 Å². The summed E-state index contributed by atoms with van der Waals surface area (Å²) in [6.07, 6.45) is 2.99. The van der Waals surface area contributed by atoms with E-state index in [1.165, 1.54) is 14.2 Å². The number of benzene rings is 1. The van der Waals surface area contributed by atoms with Crippen molar-refractivity contribution in [3.05, 3.63) is 23.8 Å². The molecule has 6 nitrogen and oxygen atoms in total. The predicted molar refractivity (Wildman–Crippen MR) is 99.4 cm³/mol. The second-order valence-corrected chi connectivity index (χ2v) is 8.40. The summed E-state index contributed by atoms with van der Waals surface area (Å²) in [6.45, 7) is 6.41. The topological polar surface area (TPSA) is 75.7 Å². The highest BCUT2D eigenvalue weighted by Gasteiger charge is 2.27. The van der Waals surface area contributed by atoms with Crippen LogP contribution >= 0.6 is 0 Å². The highest BCUT2D eigenvalue weighted by molar-refractivity contribution is 7.89. The molecule has 25 heavy (non-hydrogen) atoms. The lowest BCUT2D eigenvalue weighted by Gasteiger charge is -2.20. The van der Waals surface area contributed by atoms with Gasteiger partial charge in [-0.2, -0.15) is 4.31 Å². The summed E-state index contributed by atoms with van der Waals surface area (Å²) in [6, 6.07) is 5.12. The van der Waals surface area contributed by atoms with Gasteiger partial charge in [-0.15, -0.1) is 0 Å². The molecule has 0 radical (unpaired) electrons. The largest absolute Gasteiger partial charge is 0.495 e. The average molecular weight is 371 g/mol. The summed E-state index contributed by atoms with van der Waals surface area (Å²) in [5, 5.41) is 2.75. The van der Waals surface area contributed by atoms with Crippen molar-refractivity contribution >= 4 is 15.9 Å². The maximum atomic E-state index is 12.9. The fraction of sp³-hybridized carbons (Fsp3) is 0.611. The van der Waals surface area contributed by atoms with Gasteiger partial charge in [-0.1, -0.05) is 39.7 Å². The molecule has 0 unspecified atom stereocenters. The molecule has 1 aromatic carbocycles. The second-order valence-electron chi connectivity index (χ2n) is 6.38. The van der Waals surface area contributed by atoms with Gasteiger partial charge in [0.15, 0.2) is 0 Å². The number of ether oxygens (including phenoxy) is 1. The first kappa shape index (κ1) is 21.4. The molecule has 0 heterocycles. The number of sulfonamides is 1.